The molecule has 1 aliphatic rings. The van der Waals surface area contributed by atoms with Gasteiger partial charge in [-0.3, -0.25) is 14.9 Å². The van der Waals surface area contributed by atoms with Gasteiger partial charge in [-0.15, -0.1) is 22.0 Å². The molecule has 0 aromatic carbocycles. The third-order valence-electron chi connectivity index (χ3n) is 2.89. The van der Waals surface area contributed by atoms with Gasteiger partial charge in [0.2, 0.25) is 16.9 Å². The van der Waals surface area contributed by atoms with Gasteiger partial charge in [-0.05, 0) is 0 Å². The van der Waals surface area contributed by atoms with Gasteiger partial charge in [-0.2, -0.15) is 0 Å². The number of aromatic nitrogens is 2. The fourth-order valence-electron chi connectivity index (χ4n) is 1.74. The molecule has 8 heteroatoms. The lowest BCUT2D eigenvalue weighted by molar-refractivity contribution is -0.134. The van der Waals surface area contributed by atoms with Gasteiger partial charge in [0, 0.05) is 18.1 Å². The number of anilines is 1. The molecule has 1 aromatic heterocycles. The van der Waals surface area contributed by atoms with E-state index in [9.17, 15) is 9.59 Å². The van der Waals surface area contributed by atoms with E-state index < -0.39 is 6.04 Å². The summed E-state index contributed by atoms with van der Waals surface area (Å²) in [5, 5.41) is 12.2. The van der Waals surface area contributed by atoms with Crippen LogP contribution < -0.4 is 5.32 Å². The van der Waals surface area contributed by atoms with Crippen LogP contribution in [0.5, 0.6) is 0 Å². The number of carbonyl (C=O) groups excluding carboxylic acids is 2. The lowest BCUT2D eigenvalue weighted by atomic mass is 9.98. The monoisotopic (exact) mass is 314 g/mol. The van der Waals surface area contributed by atoms with E-state index in [0.717, 1.165) is 5.01 Å². The van der Waals surface area contributed by atoms with E-state index in [0.29, 0.717) is 16.8 Å². The molecule has 0 bridgehead atoms. The van der Waals surface area contributed by atoms with Crippen LogP contribution in [0.4, 0.5) is 5.13 Å². The number of thioether (sulfide) groups is 1. The van der Waals surface area contributed by atoms with Crippen LogP contribution in [0.1, 0.15) is 32.7 Å². The van der Waals surface area contributed by atoms with E-state index in [-0.39, 0.29) is 17.2 Å². The van der Waals surface area contributed by atoms with Crippen LogP contribution in [0.3, 0.4) is 0 Å². The summed E-state index contributed by atoms with van der Waals surface area (Å²) in [6.45, 7) is 7.62. The van der Waals surface area contributed by atoms with E-state index >= 15 is 0 Å². The maximum absolute atomic E-state index is 12.2. The lowest BCUT2D eigenvalue weighted by Crippen LogP contribution is -2.43. The van der Waals surface area contributed by atoms with Crippen molar-refractivity contribution in [3.8, 4) is 0 Å². The van der Waals surface area contributed by atoms with Crippen molar-refractivity contribution >= 4 is 40.0 Å². The molecule has 1 fully saturated rings. The highest BCUT2D eigenvalue weighted by Gasteiger charge is 2.33. The van der Waals surface area contributed by atoms with Crippen LogP contribution in [0, 0.1) is 0 Å². The van der Waals surface area contributed by atoms with E-state index in [4.69, 9.17) is 0 Å². The highest BCUT2D eigenvalue weighted by atomic mass is 32.2. The van der Waals surface area contributed by atoms with Gasteiger partial charge in [-0.1, -0.05) is 32.1 Å². The van der Waals surface area contributed by atoms with E-state index in [1.807, 2.05) is 20.8 Å². The quantitative estimate of drug-likeness (QED) is 0.899. The molecule has 1 aromatic rings. The van der Waals surface area contributed by atoms with Gasteiger partial charge < -0.3 is 4.90 Å². The first-order chi connectivity index (χ1) is 9.29. The van der Waals surface area contributed by atoms with Crippen molar-refractivity contribution in [1.29, 1.82) is 0 Å². The second-order valence-electron chi connectivity index (χ2n) is 5.66. The zero-order valence-electron chi connectivity index (χ0n) is 12.0. The Labute approximate surface area is 126 Å². The van der Waals surface area contributed by atoms with Crippen molar-refractivity contribution in [3.05, 3.63) is 5.01 Å². The smallest absolute Gasteiger partial charge is 0.249 e. The predicted octanol–water partition coefficient (Wildman–Crippen LogP) is 1.70. The molecule has 2 heterocycles. The molecule has 20 heavy (non-hydrogen) atoms. The molecule has 0 aliphatic carbocycles. The van der Waals surface area contributed by atoms with Crippen LogP contribution in [0.25, 0.3) is 0 Å². The first kappa shape index (κ1) is 15.2. The van der Waals surface area contributed by atoms with Crippen molar-refractivity contribution in [1.82, 2.24) is 15.1 Å². The predicted molar refractivity (Wildman–Crippen MR) is 80.9 cm³/mol. The van der Waals surface area contributed by atoms with Crippen molar-refractivity contribution in [2.24, 2.45) is 0 Å². The Morgan fingerprint density at radius 3 is 2.60 bits per heavy atom. The average Bonchev–Trinajstić information content (AvgIpc) is 2.95. The maximum Gasteiger partial charge on any atom is 0.249 e. The van der Waals surface area contributed by atoms with Gasteiger partial charge in [0.1, 0.15) is 11.0 Å². The molecule has 110 valence electrons. The lowest BCUT2D eigenvalue weighted by Gasteiger charge is -2.20. The fraction of sp³-hybridized carbons (Fsp3) is 0.667. The number of rotatable bonds is 2. The first-order valence-electron chi connectivity index (χ1n) is 6.29. The molecule has 1 N–H and O–H groups in total. The number of carbonyl (C=O) groups is 2. The highest BCUT2D eigenvalue weighted by molar-refractivity contribution is 7.99. The molecular weight excluding hydrogens is 296 g/mol. The third-order valence-corrected chi connectivity index (χ3v) is 5.16. The zero-order chi connectivity index (χ0) is 14.9. The Morgan fingerprint density at radius 2 is 2.05 bits per heavy atom. The van der Waals surface area contributed by atoms with Gasteiger partial charge in [0.05, 0.1) is 5.88 Å². The Hall–Kier alpha value is -1.15. The molecule has 6 nitrogen and oxygen atoms in total. The maximum atomic E-state index is 12.2. The van der Waals surface area contributed by atoms with Crippen molar-refractivity contribution in [2.45, 2.75) is 39.2 Å². The molecule has 0 spiro atoms. The summed E-state index contributed by atoms with van der Waals surface area (Å²) in [6.07, 6.45) is 0. The van der Waals surface area contributed by atoms with Crippen LogP contribution in [0.2, 0.25) is 0 Å². The minimum atomic E-state index is -0.417. The van der Waals surface area contributed by atoms with Crippen molar-refractivity contribution < 1.29 is 9.59 Å². The van der Waals surface area contributed by atoms with Crippen LogP contribution in [-0.4, -0.2) is 44.6 Å². The van der Waals surface area contributed by atoms with Crippen LogP contribution in [-0.2, 0) is 15.0 Å². The minimum Gasteiger partial charge on any atom is -0.321 e. The fourth-order valence-corrected chi connectivity index (χ4v) is 3.76. The number of nitrogens with one attached hydrogen (secondary N) is 1. The normalized spacial score (nSPS) is 19.2. The van der Waals surface area contributed by atoms with Crippen LogP contribution in [0.15, 0.2) is 0 Å². The molecule has 1 unspecified atom stereocenters. The summed E-state index contributed by atoms with van der Waals surface area (Å²) < 4.78 is 0. The molecule has 0 saturated carbocycles. The summed E-state index contributed by atoms with van der Waals surface area (Å²) in [5.74, 6) is 0.914. The third kappa shape index (κ3) is 3.29. The molecule has 2 rings (SSSR count). The second kappa shape index (κ2) is 5.69. The Balaban J connectivity index is 2.05. The summed E-state index contributed by atoms with van der Waals surface area (Å²) >= 11 is 2.95. The number of hydrogen-bond acceptors (Lipinski definition) is 6. The second-order valence-corrected chi connectivity index (χ2v) is 7.63. The average molecular weight is 314 g/mol. The number of hydrogen-bond donors (Lipinski definition) is 1. The largest absolute Gasteiger partial charge is 0.321 e. The SMILES string of the molecule is CC(=O)N1CSCC1C(=O)Nc1nnc(C(C)(C)C)s1. The first-order valence-corrected chi connectivity index (χ1v) is 8.26. The van der Waals surface area contributed by atoms with Gasteiger partial charge in [-0.25, -0.2) is 0 Å². The topological polar surface area (TPSA) is 75.2 Å². The van der Waals surface area contributed by atoms with Crippen molar-refractivity contribution in [2.75, 3.05) is 16.9 Å². The molecular formula is C12H18N4O2S2. The van der Waals surface area contributed by atoms with Gasteiger partial charge in [0.25, 0.3) is 0 Å². The van der Waals surface area contributed by atoms with E-state index in [2.05, 4.69) is 15.5 Å². The number of amides is 2. The van der Waals surface area contributed by atoms with Crippen LogP contribution >= 0.6 is 23.1 Å². The zero-order valence-corrected chi connectivity index (χ0v) is 13.6. The Bertz CT molecular complexity index is 524. The summed E-state index contributed by atoms with van der Waals surface area (Å²) in [6, 6.07) is -0.417. The summed E-state index contributed by atoms with van der Waals surface area (Å²) in [5.41, 5.74) is -0.0880. The van der Waals surface area contributed by atoms with E-state index in [1.165, 1.54) is 18.3 Å². The molecule has 1 atom stereocenters. The minimum absolute atomic E-state index is 0.0807. The Morgan fingerprint density at radius 1 is 1.35 bits per heavy atom. The van der Waals surface area contributed by atoms with Gasteiger partial charge in [0.15, 0.2) is 0 Å². The van der Waals surface area contributed by atoms with Crippen molar-refractivity contribution in [3.63, 3.8) is 0 Å². The number of nitrogens with zero attached hydrogens (tertiary/aromatic N) is 3. The Kier molecular flexibility index (Phi) is 4.33. The summed E-state index contributed by atoms with van der Waals surface area (Å²) in [7, 11) is 0. The van der Waals surface area contributed by atoms with Gasteiger partial charge >= 0.3 is 0 Å². The highest BCUT2D eigenvalue weighted by Crippen LogP contribution is 2.28. The molecule has 1 saturated heterocycles. The standard InChI is InChI=1S/C12H18N4O2S2/c1-7(17)16-6-19-5-8(16)9(18)13-11-15-14-10(20-11)12(2,3)4/h8H,5-6H2,1-4H3,(H,13,15,18). The molecule has 1 aliphatic heterocycles. The van der Waals surface area contributed by atoms with E-state index in [1.54, 1.807) is 16.7 Å². The molecule has 0 radical (unpaired) electrons. The summed E-state index contributed by atoms with van der Waals surface area (Å²) in [4.78, 5) is 25.2. The molecule has 2 amide bonds.